The number of carbonyl (C=O) groups is 1. The molecule has 104 valence electrons. The van der Waals surface area contributed by atoms with E-state index >= 15 is 0 Å². The standard InChI is InChI=1S/C16H18N2O2/c1-2-20-16(19)13(10-17)11-18-15-9-5-7-12-6-3-4-8-14(12)15/h3-4,6,8,11,13,15H,2,5,7,9H2,1H3/t13-,15-/m0/s1. The number of aryl methyl sites for hydroxylation is 1. The Morgan fingerprint density at radius 2 is 2.40 bits per heavy atom. The van der Waals surface area contributed by atoms with E-state index in [1.54, 1.807) is 6.92 Å². The van der Waals surface area contributed by atoms with E-state index in [1.165, 1.54) is 17.3 Å². The SMILES string of the molecule is CCOC(=O)[C@@H](C#N)C=N[C@H]1CCCc2ccccc21. The van der Waals surface area contributed by atoms with Crippen LogP contribution in [0.4, 0.5) is 0 Å². The molecule has 0 saturated heterocycles. The summed E-state index contributed by atoms with van der Waals surface area (Å²) >= 11 is 0. The van der Waals surface area contributed by atoms with Gasteiger partial charge in [-0.3, -0.25) is 9.79 Å². The van der Waals surface area contributed by atoms with E-state index in [9.17, 15) is 4.79 Å². The van der Waals surface area contributed by atoms with Crippen LogP contribution in [-0.2, 0) is 16.0 Å². The van der Waals surface area contributed by atoms with Crippen molar-refractivity contribution >= 4 is 12.2 Å². The summed E-state index contributed by atoms with van der Waals surface area (Å²) in [5.74, 6) is -1.44. The Labute approximate surface area is 119 Å². The van der Waals surface area contributed by atoms with Crippen LogP contribution in [0.1, 0.15) is 36.9 Å². The molecule has 0 bridgehead atoms. The summed E-state index contributed by atoms with van der Waals surface area (Å²) in [5, 5.41) is 9.01. The first-order chi connectivity index (χ1) is 9.76. The topological polar surface area (TPSA) is 62.5 Å². The number of ether oxygens (including phenoxy) is 1. The lowest BCUT2D eigenvalue weighted by atomic mass is 9.88. The van der Waals surface area contributed by atoms with Crippen molar-refractivity contribution in [1.82, 2.24) is 0 Å². The number of hydrogen-bond donors (Lipinski definition) is 0. The van der Waals surface area contributed by atoms with Crippen LogP contribution in [0.2, 0.25) is 0 Å². The zero-order valence-electron chi connectivity index (χ0n) is 11.6. The van der Waals surface area contributed by atoms with Crippen molar-refractivity contribution in [1.29, 1.82) is 5.26 Å². The van der Waals surface area contributed by atoms with Gasteiger partial charge in [-0.05, 0) is 37.3 Å². The van der Waals surface area contributed by atoms with E-state index in [-0.39, 0.29) is 12.6 Å². The molecule has 1 aromatic rings. The molecule has 1 aliphatic rings. The number of nitriles is 1. The lowest BCUT2D eigenvalue weighted by molar-refractivity contribution is -0.143. The molecule has 2 atom stereocenters. The van der Waals surface area contributed by atoms with Crippen molar-refractivity contribution in [3.63, 3.8) is 0 Å². The van der Waals surface area contributed by atoms with Gasteiger partial charge in [0.15, 0.2) is 5.92 Å². The van der Waals surface area contributed by atoms with Gasteiger partial charge in [-0.2, -0.15) is 5.26 Å². The molecule has 4 heteroatoms. The summed E-state index contributed by atoms with van der Waals surface area (Å²) in [6, 6.07) is 10.2. The smallest absolute Gasteiger partial charge is 0.328 e. The summed E-state index contributed by atoms with van der Waals surface area (Å²) in [7, 11) is 0. The molecule has 0 saturated carbocycles. The number of esters is 1. The second-order valence-corrected chi connectivity index (χ2v) is 4.76. The Kier molecular flexibility index (Phi) is 4.89. The molecule has 0 N–H and O–H groups in total. The lowest BCUT2D eigenvalue weighted by Gasteiger charge is -2.22. The first kappa shape index (κ1) is 14.3. The highest BCUT2D eigenvalue weighted by molar-refractivity contribution is 5.92. The van der Waals surface area contributed by atoms with E-state index < -0.39 is 11.9 Å². The van der Waals surface area contributed by atoms with Crippen LogP contribution >= 0.6 is 0 Å². The summed E-state index contributed by atoms with van der Waals surface area (Å²) in [6.45, 7) is 2.00. The third-order valence-electron chi connectivity index (χ3n) is 3.43. The van der Waals surface area contributed by atoms with Crippen LogP contribution in [0.25, 0.3) is 0 Å². The van der Waals surface area contributed by atoms with E-state index in [1.807, 2.05) is 18.2 Å². The van der Waals surface area contributed by atoms with E-state index in [2.05, 4.69) is 17.1 Å². The predicted octanol–water partition coefficient (Wildman–Crippen LogP) is 2.84. The van der Waals surface area contributed by atoms with Crippen LogP contribution in [0, 0.1) is 17.2 Å². The molecule has 2 rings (SSSR count). The number of carbonyl (C=O) groups excluding carboxylic acids is 1. The Bertz CT molecular complexity index is 546. The van der Waals surface area contributed by atoms with E-state index in [0.717, 1.165) is 19.3 Å². The highest BCUT2D eigenvalue weighted by atomic mass is 16.5. The third kappa shape index (κ3) is 3.24. The molecule has 1 aliphatic carbocycles. The first-order valence-corrected chi connectivity index (χ1v) is 6.93. The third-order valence-corrected chi connectivity index (χ3v) is 3.43. The fourth-order valence-corrected chi connectivity index (χ4v) is 2.45. The van der Waals surface area contributed by atoms with Crippen molar-refractivity contribution in [3.05, 3.63) is 35.4 Å². The summed E-state index contributed by atoms with van der Waals surface area (Å²) < 4.78 is 4.85. The van der Waals surface area contributed by atoms with Gasteiger partial charge in [0.05, 0.1) is 18.7 Å². The second kappa shape index (κ2) is 6.85. The molecule has 0 fully saturated rings. The molecule has 1 aromatic carbocycles. The molecule has 0 unspecified atom stereocenters. The van der Waals surface area contributed by atoms with Gasteiger partial charge in [-0.25, -0.2) is 0 Å². The van der Waals surface area contributed by atoms with Gasteiger partial charge >= 0.3 is 5.97 Å². The molecule has 0 aromatic heterocycles. The van der Waals surface area contributed by atoms with Crippen LogP contribution in [-0.4, -0.2) is 18.8 Å². The zero-order valence-corrected chi connectivity index (χ0v) is 11.6. The average Bonchev–Trinajstić information content (AvgIpc) is 2.48. The van der Waals surface area contributed by atoms with Crippen LogP contribution in [0.15, 0.2) is 29.3 Å². The fourth-order valence-electron chi connectivity index (χ4n) is 2.45. The Morgan fingerprint density at radius 1 is 1.60 bits per heavy atom. The molecule has 0 aliphatic heterocycles. The maximum absolute atomic E-state index is 11.6. The molecule has 0 amide bonds. The van der Waals surface area contributed by atoms with Crippen molar-refractivity contribution in [2.45, 2.75) is 32.2 Å². The molecular formula is C16H18N2O2. The second-order valence-electron chi connectivity index (χ2n) is 4.76. The minimum atomic E-state index is -0.913. The van der Waals surface area contributed by atoms with Crippen molar-refractivity contribution in [3.8, 4) is 6.07 Å². The minimum absolute atomic E-state index is 0.0465. The Hall–Kier alpha value is -2.15. The number of hydrogen-bond acceptors (Lipinski definition) is 4. The van der Waals surface area contributed by atoms with Crippen LogP contribution in [0.5, 0.6) is 0 Å². The quantitative estimate of drug-likeness (QED) is 0.624. The summed E-state index contributed by atoms with van der Waals surface area (Å²) in [5.41, 5.74) is 2.51. The highest BCUT2D eigenvalue weighted by Crippen LogP contribution is 2.32. The normalized spacial score (nSPS) is 19.1. The van der Waals surface area contributed by atoms with Gasteiger partial charge in [0.2, 0.25) is 0 Å². The van der Waals surface area contributed by atoms with Gasteiger partial charge < -0.3 is 4.74 Å². The number of benzene rings is 1. The highest BCUT2D eigenvalue weighted by Gasteiger charge is 2.21. The maximum Gasteiger partial charge on any atom is 0.328 e. The molecule has 0 heterocycles. The number of nitrogens with zero attached hydrogens (tertiary/aromatic N) is 2. The Morgan fingerprint density at radius 3 is 3.15 bits per heavy atom. The molecule has 0 spiro atoms. The summed E-state index contributed by atoms with van der Waals surface area (Å²) in [4.78, 5) is 16.0. The van der Waals surface area contributed by atoms with Crippen LogP contribution in [0.3, 0.4) is 0 Å². The molecule has 4 nitrogen and oxygen atoms in total. The van der Waals surface area contributed by atoms with Crippen molar-refractivity contribution in [2.75, 3.05) is 6.61 Å². The van der Waals surface area contributed by atoms with Gasteiger partial charge in [-0.1, -0.05) is 24.3 Å². The minimum Gasteiger partial charge on any atom is -0.465 e. The van der Waals surface area contributed by atoms with Crippen LogP contribution < -0.4 is 0 Å². The molecule has 0 radical (unpaired) electrons. The summed E-state index contributed by atoms with van der Waals surface area (Å²) in [6.07, 6.45) is 4.54. The van der Waals surface area contributed by atoms with Crippen molar-refractivity contribution in [2.24, 2.45) is 10.9 Å². The number of rotatable bonds is 4. The fraction of sp³-hybridized carbons (Fsp3) is 0.438. The van der Waals surface area contributed by atoms with E-state index in [4.69, 9.17) is 10.00 Å². The largest absolute Gasteiger partial charge is 0.465 e. The van der Waals surface area contributed by atoms with Gasteiger partial charge in [0, 0.05) is 6.21 Å². The van der Waals surface area contributed by atoms with Crippen molar-refractivity contribution < 1.29 is 9.53 Å². The lowest BCUT2D eigenvalue weighted by Crippen LogP contribution is -2.18. The zero-order chi connectivity index (χ0) is 14.4. The molecular weight excluding hydrogens is 252 g/mol. The first-order valence-electron chi connectivity index (χ1n) is 6.93. The van der Waals surface area contributed by atoms with Gasteiger partial charge in [0.1, 0.15) is 0 Å². The predicted molar refractivity (Wildman–Crippen MR) is 76.3 cm³/mol. The van der Waals surface area contributed by atoms with Gasteiger partial charge in [0.25, 0.3) is 0 Å². The average molecular weight is 270 g/mol. The van der Waals surface area contributed by atoms with Gasteiger partial charge in [-0.15, -0.1) is 0 Å². The Balaban J connectivity index is 2.12. The monoisotopic (exact) mass is 270 g/mol. The van der Waals surface area contributed by atoms with E-state index in [0.29, 0.717) is 0 Å². The maximum atomic E-state index is 11.6. The molecule has 20 heavy (non-hydrogen) atoms. The number of fused-ring (bicyclic) bond motifs is 1. The number of aliphatic imine (C=N–C) groups is 1.